The number of hydrogen-bond donors (Lipinski definition) is 0. The fourth-order valence-corrected chi connectivity index (χ4v) is 2.59. The van der Waals surface area contributed by atoms with Crippen LogP contribution in [-0.2, 0) is 27.1 Å². The summed E-state index contributed by atoms with van der Waals surface area (Å²) in [6, 6.07) is 0. The molecular formula is C11H14FNO3S. The molecule has 17 heavy (non-hydrogen) atoms. The van der Waals surface area contributed by atoms with Gasteiger partial charge in [-0.1, -0.05) is 0 Å². The van der Waals surface area contributed by atoms with Gasteiger partial charge in [-0.25, -0.2) is 4.39 Å². The molecule has 2 rings (SSSR count). The van der Waals surface area contributed by atoms with Crippen molar-refractivity contribution in [2.24, 2.45) is 5.92 Å². The molecule has 0 amide bonds. The Kier molecular flexibility index (Phi) is 3.18. The maximum absolute atomic E-state index is 13.5. The van der Waals surface area contributed by atoms with E-state index in [-0.39, 0.29) is 18.3 Å². The van der Waals surface area contributed by atoms with E-state index in [9.17, 15) is 12.8 Å². The molecule has 94 valence electrons. The maximum atomic E-state index is 13.5. The number of aryl methyl sites for hydroxylation is 1. The van der Waals surface area contributed by atoms with Gasteiger partial charge >= 0.3 is 0 Å². The first-order valence-corrected chi connectivity index (χ1v) is 7.15. The van der Waals surface area contributed by atoms with E-state index in [1.807, 2.05) is 6.92 Å². The van der Waals surface area contributed by atoms with Gasteiger partial charge in [-0.3, -0.25) is 9.17 Å². The molecule has 6 heteroatoms. The lowest BCUT2D eigenvalue weighted by Gasteiger charge is -2.07. The molecule has 1 aliphatic carbocycles. The lowest BCUT2D eigenvalue weighted by atomic mass is 10.1. The van der Waals surface area contributed by atoms with Crippen LogP contribution in [0.1, 0.15) is 16.8 Å². The minimum atomic E-state index is -3.43. The Hall–Kier alpha value is -1.01. The number of fused-ring (bicyclic) bond motifs is 1. The standard InChI is InChI=1S/C11H14FNO3S/c1-7-9-3-8(6-16-17(2,14)15)4-10(9)11(12)5-13-7/h5,8H,3-4,6H2,1-2H3/t8-/m1/s1. The van der Waals surface area contributed by atoms with Crippen LogP contribution in [0.4, 0.5) is 4.39 Å². The van der Waals surface area contributed by atoms with Crippen molar-refractivity contribution in [3.63, 3.8) is 0 Å². The minimum Gasteiger partial charge on any atom is -0.270 e. The fraction of sp³-hybridized carbons (Fsp3) is 0.545. The average Bonchev–Trinajstić information content (AvgIpc) is 2.65. The molecule has 0 radical (unpaired) electrons. The molecule has 0 saturated carbocycles. The van der Waals surface area contributed by atoms with E-state index in [1.165, 1.54) is 6.20 Å². The van der Waals surface area contributed by atoms with Crippen LogP contribution in [0.5, 0.6) is 0 Å². The van der Waals surface area contributed by atoms with Crippen molar-refractivity contribution in [2.75, 3.05) is 12.9 Å². The monoisotopic (exact) mass is 259 g/mol. The first-order valence-electron chi connectivity index (χ1n) is 5.34. The Labute approximate surface area is 99.9 Å². The van der Waals surface area contributed by atoms with Gasteiger partial charge in [-0.2, -0.15) is 8.42 Å². The molecule has 0 bridgehead atoms. The van der Waals surface area contributed by atoms with Crippen molar-refractivity contribution < 1.29 is 17.0 Å². The number of aromatic nitrogens is 1. The van der Waals surface area contributed by atoms with Crippen molar-refractivity contribution in [3.05, 3.63) is 28.8 Å². The zero-order chi connectivity index (χ0) is 12.6. The van der Waals surface area contributed by atoms with Crippen LogP contribution in [0.3, 0.4) is 0 Å². The molecule has 0 N–H and O–H groups in total. The quantitative estimate of drug-likeness (QED) is 0.766. The van der Waals surface area contributed by atoms with Gasteiger partial charge in [-0.05, 0) is 36.8 Å². The second kappa shape index (κ2) is 4.34. The fourth-order valence-electron chi connectivity index (χ4n) is 2.15. The predicted octanol–water partition coefficient (Wildman–Crippen LogP) is 1.22. The van der Waals surface area contributed by atoms with Crippen molar-refractivity contribution in [1.29, 1.82) is 0 Å². The zero-order valence-corrected chi connectivity index (χ0v) is 10.6. The van der Waals surface area contributed by atoms with Gasteiger partial charge in [0.15, 0.2) is 0 Å². The summed E-state index contributed by atoms with van der Waals surface area (Å²) >= 11 is 0. The van der Waals surface area contributed by atoms with Crippen molar-refractivity contribution in [3.8, 4) is 0 Å². The average molecular weight is 259 g/mol. The molecule has 1 heterocycles. The third kappa shape index (κ3) is 2.81. The molecule has 1 atom stereocenters. The topological polar surface area (TPSA) is 56.3 Å². The van der Waals surface area contributed by atoms with Gasteiger partial charge in [0.05, 0.1) is 19.1 Å². The Morgan fingerprint density at radius 3 is 2.71 bits per heavy atom. The summed E-state index contributed by atoms with van der Waals surface area (Å²) < 4.78 is 40.0. The van der Waals surface area contributed by atoms with E-state index in [0.717, 1.165) is 17.5 Å². The van der Waals surface area contributed by atoms with Crippen LogP contribution in [0.25, 0.3) is 0 Å². The van der Waals surface area contributed by atoms with Crippen molar-refractivity contribution >= 4 is 10.1 Å². The molecule has 1 aromatic heterocycles. The summed E-state index contributed by atoms with van der Waals surface area (Å²) in [5.74, 6) is -0.301. The first kappa shape index (κ1) is 12.4. The lowest BCUT2D eigenvalue weighted by Crippen LogP contribution is -2.13. The molecule has 4 nitrogen and oxygen atoms in total. The van der Waals surface area contributed by atoms with E-state index < -0.39 is 10.1 Å². The number of rotatable bonds is 3. The Bertz CT molecular complexity index is 511. The van der Waals surface area contributed by atoms with Crippen LogP contribution in [0, 0.1) is 18.7 Å². The summed E-state index contributed by atoms with van der Waals surface area (Å²) in [4.78, 5) is 3.96. The molecule has 1 aliphatic rings. The first-order chi connectivity index (χ1) is 7.87. The van der Waals surface area contributed by atoms with Gasteiger partial charge in [0.25, 0.3) is 10.1 Å². The number of nitrogens with zero attached hydrogens (tertiary/aromatic N) is 1. The van der Waals surface area contributed by atoms with E-state index in [2.05, 4.69) is 4.98 Å². The SMILES string of the molecule is Cc1ncc(F)c2c1C[C@@H](COS(C)(=O)=O)C2. The van der Waals surface area contributed by atoms with E-state index in [0.29, 0.717) is 18.4 Å². The molecule has 0 unspecified atom stereocenters. The van der Waals surface area contributed by atoms with Crippen LogP contribution in [-0.4, -0.2) is 26.3 Å². The Morgan fingerprint density at radius 1 is 1.47 bits per heavy atom. The summed E-state index contributed by atoms with van der Waals surface area (Å²) in [6.07, 6.45) is 3.37. The lowest BCUT2D eigenvalue weighted by molar-refractivity contribution is 0.261. The van der Waals surface area contributed by atoms with Crippen molar-refractivity contribution in [2.45, 2.75) is 19.8 Å². The molecule has 0 aromatic carbocycles. The van der Waals surface area contributed by atoms with E-state index in [4.69, 9.17) is 4.18 Å². The summed E-state index contributed by atoms with van der Waals surface area (Å²) in [5.41, 5.74) is 2.36. The molecule has 0 saturated heterocycles. The highest BCUT2D eigenvalue weighted by molar-refractivity contribution is 7.85. The van der Waals surface area contributed by atoms with Crippen molar-refractivity contribution in [1.82, 2.24) is 4.98 Å². The van der Waals surface area contributed by atoms with Gasteiger partial charge in [0.2, 0.25) is 0 Å². The Balaban J connectivity index is 2.11. The van der Waals surface area contributed by atoms with Crippen LogP contribution in [0.15, 0.2) is 6.20 Å². The van der Waals surface area contributed by atoms with Crippen LogP contribution >= 0.6 is 0 Å². The van der Waals surface area contributed by atoms with Gasteiger partial charge in [-0.15, -0.1) is 0 Å². The second-order valence-corrected chi connectivity index (χ2v) is 6.06. The zero-order valence-electron chi connectivity index (χ0n) is 9.73. The largest absolute Gasteiger partial charge is 0.270 e. The van der Waals surface area contributed by atoms with E-state index >= 15 is 0 Å². The van der Waals surface area contributed by atoms with Gasteiger partial charge in [0.1, 0.15) is 5.82 Å². The number of hydrogen-bond acceptors (Lipinski definition) is 4. The Morgan fingerprint density at radius 2 is 2.12 bits per heavy atom. The minimum absolute atomic E-state index is 0.0112. The highest BCUT2D eigenvalue weighted by Crippen LogP contribution is 2.30. The third-order valence-corrected chi connectivity index (χ3v) is 3.53. The smallest absolute Gasteiger partial charge is 0.264 e. The van der Waals surface area contributed by atoms with Crippen LogP contribution < -0.4 is 0 Å². The predicted molar refractivity (Wildman–Crippen MR) is 60.6 cm³/mol. The summed E-state index contributed by atoms with van der Waals surface area (Å²) in [7, 11) is -3.43. The summed E-state index contributed by atoms with van der Waals surface area (Å²) in [6.45, 7) is 1.93. The van der Waals surface area contributed by atoms with Crippen LogP contribution in [0.2, 0.25) is 0 Å². The third-order valence-electron chi connectivity index (χ3n) is 2.96. The molecule has 1 aromatic rings. The molecular weight excluding hydrogens is 245 g/mol. The normalized spacial score (nSPS) is 19.4. The second-order valence-electron chi connectivity index (χ2n) is 4.41. The molecule has 0 spiro atoms. The highest BCUT2D eigenvalue weighted by atomic mass is 32.2. The highest BCUT2D eigenvalue weighted by Gasteiger charge is 2.27. The molecule has 0 aliphatic heterocycles. The van der Waals surface area contributed by atoms with E-state index in [1.54, 1.807) is 0 Å². The number of halogens is 1. The summed E-state index contributed by atoms with van der Waals surface area (Å²) in [5, 5.41) is 0. The van der Waals surface area contributed by atoms with Gasteiger partial charge < -0.3 is 0 Å². The molecule has 0 fully saturated rings. The van der Waals surface area contributed by atoms with Gasteiger partial charge in [0, 0.05) is 5.69 Å². The maximum Gasteiger partial charge on any atom is 0.264 e. The number of pyridine rings is 1.